The van der Waals surface area contributed by atoms with E-state index in [1.165, 1.54) is 0 Å². The minimum Gasteiger partial charge on any atom is -0.366 e. The maximum atomic E-state index is 10.9. The van der Waals surface area contributed by atoms with Crippen molar-refractivity contribution in [1.29, 1.82) is 0 Å². The fraction of sp³-hybridized carbons (Fsp3) is 0.125. The van der Waals surface area contributed by atoms with Gasteiger partial charge in [-0.25, -0.2) is 0 Å². The first-order chi connectivity index (χ1) is 5.52. The van der Waals surface area contributed by atoms with Crippen molar-refractivity contribution in [3.63, 3.8) is 0 Å². The number of halogens is 2. The lowest BCUT2D eigenvalue weighted by molar-refractivity contribution is 0.1000. The second-order valence-electron chi connectivity index (χ2n) is 2.44. The van der Waals surface area contributed by atoms with E-state index in [0.717, 1.165) is 10.0 Å². The van der Waals surface area contributed by atoms with Crippen LogP contribution in [0, 0.1) is 6.92 Å². The van der Waals surface area contributed by atoms with E-state index in [-0.39, 0.29) is 0 Å². The van der Waals surface area contributed by atoms with Crippen LogP contribution in [0.15, 0.2) is 16.6 Å². The molecule has 0 bridgehead atoms. The minimum atomic E-state index is -0.495. The Balaban J connectivity index is 3.38. The van der Waals surface area contributed by atoms with Crippen molar-refractivity contribution in [2.24, 2.45) is 5.73 Å². The van der Waals surface area contributed by atoms with Crippen LogP contribution in [0.4, 0.5) is 0 Å². The van der Waals surface area contributed by atoms with E-state index in [1.807, 2.05) is 0 Å². The van der Waals surface area contributed by atoms with Crippen LogP contribution in [0.2, 0.25) is 5.02 Å². The van der Waals surface area contributed by atoms with Gasteiger partial charge in [0.1, 0.15) is 0 Å². The Morgan fingerprint density at radius 1 is 1.58 bits per heavy atom. The summed E-state index contributed by atoms with van der Waals surface area (Å²) in [4.78, 5) is 10.9. The topological polar surface area (TPSA) is 43.1 Å². The highest BCUT2D eigenvalue weighted by atomic mass is 79.9. The average Bonchev–Trinajstić information content (AvgIpc) is 1.82. The zero-order valence-electron chi connectivity index (χ0n) is 6.40. The molecule has 12 heavy (non-hydrogen) atoms. The smallest absolute Gasteiger partial charge is 0.250 e. The second kappa shape index (κ2) is 3.46. The number of nitrogens with two attached hydrogens (primary N) is 1. The first-order valence-corrected chi connectivity index (χ1v) is 4.45. The number of benzene rings is 1. The summed E-state index contributed by atoms with van der Waals surface area (Å²) in [5, 5.41) is 0.384. The van der Waals surface area contributed by atoms with E-state index in [2.05, 4.69) is 15.9 Å². The Morgan fingerprint density at radius 2 is 2.17 bits per heavy atom. The summed E-state index contributed by atoms with van der Waals surface area (Å²) in [5.41, 5.74) is 6.30. The molecule has 0 aromatic heterocycles. The third-order valence-electron chi connectivity index (χ3n) is 1.50. The molecule has 1 amide bonds. The van der Waals surface area contributed by atoms with Gasteiger partial charge in [-0.1, -0.05) is 27.5 Å². The van der Waals surface area contributed by atoms with Crippen molar-refractivity contribution < 1.29 is 4.79 Å². The molecule has 0 atom stereocenters. The molecule has 1 aromatic rings. The summed E-state index contributed by atoms with van der Waals surface area (Å²) in [6.07, 6.45) is 0. The summed E-state index contributed by atoms with van der Waals surface area (Å²) in [6.45, 7) is 1.79. The summed E-state index contributed by atoms with van der Waals surface area (Å²) in [7, 11) is 0. The Hall–Kier alpha value is -0.540. The Kier molecular flexibility index (Phi) is 2.75. The quantitative estimate of drug-likeness (QED) is 0.815. The zero-order chi connectivity index (χ0) is 9.30. The normalized spacial score (nSPS) is 9.92. The Labute approximate surface area is 83.8 Å². The molecule has 0 fully saturated rings. The number of rotatable bonds is 1. The first-order valence-electron chi connectivity index (χ1n) is 3.28. The monoisotopic (exact) mass is 247 g/mol. The van der Waals surface area contributed by atoms with Gasteiger partial charge in [0.2, 0.25) is 5.91 Å². The van der Waals surface area contributed by atoms with Gasteiger partial charge in [-0.15, -0.1) is 0 Å². The standard InChI is InChI=1S/C8H7BrClNO/c1-4-2-5(9)3-6(10)7(4)8(11)12/h2-3H,1H3,(H2,11,12). The van der Waals surface area contributed by atoms with Crippen molar-refractivity contribution in [2.75, 3.05) is 0 Å². The van der Waals surface area contributed by atoms with Gasteiger partial charge in [0.15, 0.2) is 0 Å². The minimum absolute atomic E-state index is 0.384. The van der Waals surface area contributed by atoms with Crippen molar-refractivity contribution in [1.82, 2.24) is 0 Å². The third-order valence-corrected chi connectivity index (χ3v) is 2.25. The summed E-state index contributed by atoms with van der Waals surface area (Å²) < 4.78 is 0.843. The van der Waals surface area contributed by atoms with Crippen LogP contribution >= 0.6 is 27.5 Å². The summed E-state index contributed by atoms with van der Waals surface area (Å²) >= 11 is 9.06. The highest BCUT2D eigenvalue weighted by Gasteiger charge is 2.10. The molecule has 1 rings (SSSR count). The SMILES string of the molecule is Cc1cc(Br)cc(Cl)c1C(N)=O. The highest BCUT2D eigenvalue weighted by molar-refractivity contribution is 9.10. The molecular weight excluding hydrogens is 241 g/mol. The molecule has 0 aliphatic carbocycles. The van der Waals surface area contributed by atoms with Crippen molar-refractivity contribution in [3.05, 3.63) is 32.8 Å². The van der Waals surface area contributed by atoms with Crippen LogP contribution in [0.25, 0.3) is 0 Å². The van der Waals surface area contributed by atoms with Crippen molar-refractivity contribution in [3.8, 4) is 0 Å². The van der Waals surface area contributed by atoms with E-state index >= 15 is 0 Å². The largest absolute Gasteiger partial charge is 0.366 e. The van der Waals surface area contributed by atoms with Gasteiger partial charge in [-0.3, -0.25) is 4.79 Å². The van der Waals surface area contributed by atoms with Gasteiger partial charge in [0.25, 0.3) is 0 Å². The molecule has 0 unspecified atom stereocenters. The van der Waals surface area contributed by atoms with Crippen LogP contribution in [-0.2, 0) is 0 Å². The zero-order valence-corrected chi connectivity index (χ0v) is 8.74. The molecule has 0 heterocycles. The molecule has 0 radical (unpaired) electrons. The molecule has 0 aliphatic rings. The second-order valence-corrected chi connectivity index (χ2v) is 3.77. The molecule has 1 aromatic carbocycles. The van der Waals surface area contributed by atoms with Crippen LogP contribution in [0.1, 0.15) is 15.9 Å². The molecule has 4 heteroatoms. The lowest BCUT2D eigenvalue weighted by Crippen LogP contribution is -2.13. The number of carbonyl (C=O) groups is 1. The number of primary amides is 1. The van der Waals surface area contributed by atoms with Crippen LogP contribution in [0.3, 0.4) is 0 Å². The fourth-order valence-corrected chi connectivity index (χ4v) is 2.08. The molecule has 0 saturated heterocycles. The van der Waals surface area contributed by atoms with Gasteiger partial charge in [0, 0.05) is 4.47 Å². The predicted molar refractivity (Wildman–Crippen MR) is 52.4 cm³/mol. The van der Waals surface area contributed by atoms with Gasteiger partial charge in [-0.05, 0) is 24.6 Å². The Bertz CT molecular complexity index is 315. The van der Waals surface area contributed by atoms with Gasteiger partial charge < -0.3 is 5.73 Å². The summed E-state index contributed by atoms with van der Waals surface area (Å²) in [6, 6.07) is 3.45. The number of aryl methyl sites for hydroxylation is 1. The fourth-order valence-electron chi connectivity index (χ4n) is 1.01. The molecular formula is C8H7BrClNO. The third kappa shape index (κ3) is 1.79. The van der Waals surface area contributed by atoms with E-state index in [0.29, 0.717) is 10.6 Å². The van der Waals surface area contributed by atoms with Gasteiger partial charge >= 0.3 is 0 Å². The number of carbonyl (C=O) groups excluding carboxylic acids is 1. The van der Waals surface area contributed by atoms with Crippen molar-refractivity contribution in [2.45, 2.75) is 6.92 Å². The lowest BCUT2D eigenvalue weighted by Gasteiger charge is -2.04. The maximum absolute atomic E-state index is 10.9. The van der Waals surface area contributed by atoms with Crippen LogP contribution < -0.4 is 5.73 Å². The first kappa shape index (κ1) is 9.55. The van der Waals surface area contributed by atoms with Crippen LogP contribution in [-0.4, -0.2) is 5.91 Å². The van der Waals surface area contributed by atoms with Gasteiger partial charge in [-0.2, -0.15) is 0 Å². The van der Waals surface area contributed by atoms with E-state index in [1.54, 1.807) is 19.1 Å². The summed E-state index contributed by atoms with van der Waals surface area (Å²) in [5.74, 6) is -0.495. The van der Waals surface area contributed by atoms with Gasteiger partial charge in [0.05, 0.1) is 10.6 Å². The number of hydrogen-bond donors (Lipinski definition) is 1. The molecule has 0 spiro atoms. The van der Waals surface area contributed by atoms with Crippen molar-refractivity contribution >= 4 is 33.4 Å². The molecule has 2 nitrogen and oxygen atoms in total. The highest BCUT2D eigenvalue weighted by Crippen LogP contribution is 2.24. The van der Waals surface area contributed by atoms with E-state index < -0.39 is 5.91 Å². The van der Waals surface area contributed by atoms with E-state index in [4.69, 9.17) is 17.3 Å². The average molecular weight is 249 g/mol. The number of amides is 1. The maximum Gasteiger partial charge on any atom is 0.250 e. The number of hydrogen-bond acceptors (Lipinski definition) is 1. The molecule has 2 N–H and O–H groups in total. The van der Waals surface area contributed by atoms with E-state index in [9.17, 15) is 4.79 Å². The Morgan fingerprint density at radius 3 is 2.58 bits per heavy atom. The lowest BCUT2D eigenvalue weighted by atomic mass is 10.1. The predicted octanol–water partition coefficient (Wildman–Crippen LogP) is 2.51. The molecule has 0 saturated carbocycles. The molecule has 64 valence electrons. The molecule has 0 aliphatic heterocycles. The van der Waals surface area contributed by atoms with Crippen LogP contribution in [0.5, 0.6) is 0 Å².